The molecule has 13 heavy (non-hydrogen) atoms. The zero-order valence-corrected chi connectivity index (χ0v) is 12.2. The van der Waals surface area contributed by atoms with Crippen LogP contribution < -0.4 is 29.6 Å². The van der Waals surface area contributed by atoms with Gasteiger partial charge in [0.2, 0.25) is 0 Å². The average Bonchev–Trinajstić information content (AvgIpc) is 1.85. The van der Waals surface area contributed by atoms with E-state index in [4.69, 9.17) is 16.3 Å². The molecule has 3 nitrogen and oxygen atoms in total. The molecule has 76 valence electrons. The fraction of sp³-hybridized carbons (Fsp3) is 0.857. The predicted octanol–water partition coefficient (Wildman–Crippen LogP) is -1.99. The van der Waals surface area contributed by atoms with Crippen molar-refractivity contribution in [3.05, 3.63) is 0 Å². The van der Waals surface area contributed by atoms with Gasteiger partial charge in [0, 0.05) is 0 Å². The first-order chi connectivity index (χ1) is 4.95. The fourth-order valence-corrected chi connectivity index (χ4v) is 0.549. The zero-order chi connectivity index (χ0) is 8.91. The van der Waals surface area contributed by atoms with E-state index < -0.39 is 0 Å². The number of alkyl halides is 1. The summed E-state index contributed by atoms with van der Waals surface area (Å²) < 4.78 is 5.57. The maximum atomic E-state index is 10.5. The Bertz CT molecular complexity index is 144. The van der Waals surface area contributed by atoms with E-state index in [1.165, 1.54) is 0 Å². The number of hydrogen-bond acceptors (Lipinski definition) is 2. The smallest absolute Gasteiger partial charge is 1.00 e. The van der Waals surface area contributed by atoms with Crippen LogP contribution >= 0.6 is 24.0 Å². The summed E-state index contributed by atoms with van der Waals surface area (Å²) in [6, 6.07) is 0. The minimum Gasteiger partial charge on any atom is -1.00 e. The largest absolute Gasteiger partial charge is 1.00 e. The molecule has 0 saturated heterocycles. The van der Waals surface area contributed by atoms with Crippen LogP contribution in [0.25, 0.3) is 0 Å². The van der Waals surface area contributed by atoms with Crippen molar-refractivity contribution in [2.45, 2.75) is 0 Å². The predicted molar refractivity (Wildman–Crippen MR) is 52.9 cm³/mol. The van der Waals surface area contributed by atoms with E-state index in [2.05, 4.69) is 0 Å². The van der Waals surface area contributed by atoms with Crippen molar-refractivity contribution >= 4 is 30.0 Å². The van der Waals surface area contributed by atoms with E-state index in [9.17, 15) is 4.79 Å². The summed E-state index contributed by atoms with van der Waals surface area (Å²) in [4.78, 5) is 10.5. The molecule has 0 rings (SSSR count). The fourth-order valence-electron chi connectivity index (χ4n) is 0.472. The van der Waals surface area contributed by atoms with E-state index in [0.29, 0.717) is 6.61 Å². The Hall–Kier alpha value is 1.01. The molecule has 6 heteroatoms. The molecule has 0 aliphatic rings. The van der Waals surface area contributed by atoms with Crippen molar-refractivity contribution in [3.8, 4) is 0 Å². The van der Waals surface area contributed by atoms with Crippen molar-refractivity contribution in [2.75, 3.05) is 40.2 Å². The SMILES string of the molecule is C[N+](C)(C)CCOC(=O)CCl.Cl.[H-].[Na+]. The third-order valence-electron chi connectivity index (χ3n) is 1.13. The van der Waals surface area contributed by atoms with Crippen LogP contribution in [-0.4, -0.2) is 50.6 Å². The van der Waals surface area contributed by atoms with Crippen LogP contribution in [0.5, 0.6) is 0 Å². The van der Waals surface area contributed by atoms with Crippen molar-refractivity contribution in [2.24, 2.45) is 0 Å². The normalized spacial score (nSPS) is 9.54. The molecule has 0 N–H and O–H groups in total. The summed E-state index contributed by atoms with van der Waals surface area (Å²) in [7, 11) is 6.11. The van der Waals surface area contributed by atoms with Crippen molar-refractivity contribution in [1.29, 1.82) is 0 Å². The van der Waals surface area contributed by atoms with Crippen LogP contribution in [0.2, 0.25) is 0 Å². The summed E-state index contributed by atoms with van der Waals surface area (Å²) in [6.45, 7) is 1.25. The molecule has 0 bridgehead atoms. The Morgan fingerprint density at radius 1 is 1.46 bits per heavy atom. The van der Waals surface area contributed by atoms with Gasteiger partial charge in [-0.1, -0.05) is 0 Å². The Morgan fingerprint density at radius 3 is 2.23 bits per heavy atom. The van der Waals surface area contributed by atoms with Gasteiger partial charge in [-0.3, -0.25) is 4.79 Å². The summed E-state index contributed by atoms with van der Waals surface area (Å²) in [5, 5.41) is 0. The average molecular weight is 241 g/mol. The molecular weight excluding hydrogens is 224 g/mol. The van der Waals surface area contributed by atoms with E-state index in [-0.39, 0.29) is 55.2 Å². The topological polar surface area (TPSA) is 26.3 Å². The van der Waals surface area contributed by atoms with E-state index in [1.54, 1.807) is 0 Å². The summed E-state index contributed by atoms with van der Waals surface area (Å²) >= 11 is 5.22. The van der Waals surface area contributed by atoms with Gasteiger partial charge in [-0.15, -0.1) is 24.0 Å². The van der Waals surface area contributed by atoms with E-state index in [0.717, 1.165) is 11.0 Å². The van der Waals surface area contributed by atoms with E-state index in [1.807, 2.05) is 21.1 Å². The Labute approximate surface area is 115 Å². The molecule has 0 spiro atoms. The molecule has 0 unspecified atom stereocenters. The van der Waals surface area contributed by atoms with Crippen molar-refractivity contribution < 1.29 is 45.0 Å². The number of nitrogens with zero attached hydrogens (tertiary/aromatic N) is 1. The third kappa shape index (κ3) is 15.7. The zero-order valence-electron chi connectivity index (χ0n) is 9.67. The van der Waals surface area contributed by atoms with Gasteiger partial charge in [-0.2, -0.15) is 0 Å². The molecule has 0 radical (unpaired) electrons. The van der Waals surface area contributed by atoms with Gasteiger partial charge >= 0.3 is 35.5 Å². The third-order valence-corrected chi connectivity index (χ3v) is 1.35. The molecular formula is C7H17Cl2NNaO2+. The van der Waals surface area contributed by atoms with Crippen LogP contribution in [0.15, 0.2) is 0 Å². The standard InChI is InChI=1S/C7H15ClNO2.ClH.Na.H/c1-9(2,3)4-5-11-7(10)6-8;;;/h4-6H2,1-3H3;1H;;/q+1;;+1;-1. The second kappa shape index (κ2) is 9.56. The maximum Gasteiger partial charge on any atom is 1.00 e. The molecule has 0 fully saturated rings. The number of carbonyl (C=O) groups excluding carboxylic acids is 1. The first-order valence-corrected chi connectivity index (χ1v) is 4.01. The Kier molecular flexibility index (Phi) is 14.4. The molecule has 0 atom stereocenters. The van der Waals surface area contributed by atoms with Crippen LogP contribution in [0, 0.1) is 0 Å². The number of halogens is 2. The van der Waals surface area contributed by atoms with Gasteiger partial charge in [0.05, 0.1) is 21.1 Å². The van der Waals surface area contributed by atoms with Crippen LogP contribution in [0.3, 0.4) is 0 Å². The molecule has 0 heterocycles. The van der Waals surface area contributed by atoms with Crippen LogP contribution in [0.1, 0.15) is 1.43 Å². The number of quaternary nitrogens is 1. The molecule has 0 amide bonds. The van der Waals surface area contributed by atoms with Gasteiger partial charge in [-0.05, 0) is 0 Å². The van der Waals surface area contributed by atoms with Gasteiger partial charge < -0.3 is 10.6 Å². The summed E-state index contributed by atoms with van der Waals surface area (Å²) in [6.07, 6.45) is 0. The number of carbonyl (C=O) groups is 1. The first-order valence-electron chi connectivity index (χ1n) is 3.48. The summed E-state index contributed by atoms with van der Waals surface area (Å²) in [5.41, 5.74) is 0. The first kappa shape index (κ1) is 19.6. The molecule has 0 aliphatic heterocycles. The molecule has 0 saturated carbocycles. The minimum atomic E-state index is -0.347. The van der Waals surface area contributed by atoms with Crippen molar-refractivity contribution in [3.63, 3.8) is 0 Å². The second-order valence-corrected chi connectivity index (χ2v) is 3.64. The molecule has 0 aromatic carbocycles. The molecule has 0 aromatic heterocycles. The number of ether oxygens (including phenoxy) is 1. The van der Waals surface area contributed by atoms with Crippen LogP contribution in [0.4, 0.5) is 0 Å². The number of rotatable bonds is 4. The molecule has 0 aliphatic carbocycles. The monoisotopic (exact) mass is 240 g/mol. The Morgan fingerprint density at radius 2 is 1.92 bits per heavy atom. The summed E-state index contributed by atoms with van der Waals surface area (Å²) in [5.74, 6) is -0.406. The van der Waals surface area contributed by atoms with Gasteiger partial charge in [0.1, 0.15) is 19.0 Å². The van der Waals surface area contributed by atoms with E-state index >= 15 is 0 Å². The Balaban J connectivity index is -0.000000167. The second-order valence-electron chi connectivity index (χ2n) is 3.37. The minimum absolute atomic E-state index is 0. The number of likely N-dealkylation sites (N-methyl/N-ethyl adjacent to an activating group) is 1. The van der Waals surface area contributed by atoms with Gasteiger partial charge in [-0.25, -0.2) is 0 Å². The number of esters is 1. The molecule has 0 aromatic rings. The quantitative estimate of drug-likeness (QED) is 0.246. The van der Waals surface area contributed by atoms with Crippen LogP contribution in [-0.2, 0) is 9.53 Å². The van der Waals surface area contributed by atoms with Gasteiger partial charge in [0.25, 0.3) is 0 Å². The van der Waals surface area contributed by atoms with Crippen molar-refractivity contribution in [1.82, 2.24) is 0 Å². The number of hydrogen-bond donors (Lipinski definition) is 0. The van der Waals surface area contributed by atoms with Gasteiger partial charge in [0.15, 0.2) is 0 Å². The maximum absolute atomic E-state index is 10.5.